The second kappa shape index (κ2) is 8.58. The van der Waals surface area contributed by atoms with Gasteiger partial charge in [0.2, 0.25) is 0 Å². The Labute approximate surface area is 215 Å². The van der Waals surface area contributed by atoms with Crippen molar-refractivity contribution in [3.05, 3.63) is 59.7 Å². The third-order valence-electron chi connectivity index (χ3n) is 8.18. The van der Waals surface area contributed by atoms with Gasteiger partial charge in [0, 0.05) is 52.3 Å². The molecule has 37 heavy (non-hydrogen) atoms. The smallest absolute Gasteiger partial charge is 0.252 e. The number of para-hydroxylation sites is 2. The number of nitrogens with zero attached hydrogens (tertiary/aromatic N) is 1. The summed E-state index contributed by atoms with van der Waals surface area (Å²) in [5.41, 5.74) is 5.42. The molecule has 0 radical (unpaired) electrons. The average molecular weight is 499 g/mol. The van der Waals surface area contributed by atoms with Crippen molar-refractivity contribution in [3.8, 4) is 0 Å². The van der Waals surface area contributed by atoms with Crippen molar-refractivity contribution < 1.29 is 14.6 Å². The number of nitrogens with one attached hydrogen (secondary N) is 3. The largest absolute Gasteiger partial charge is 0.393 e. The van der Waals surface area contributed by atoms with Crippen LogP contribution in [0, 0.1) is 0 Å². The molecular weight excluding hydrogens is 464 g/mol. The summed E-state index contributed by atoms with van der Waals surface area (Å²) in [4.78, 5) is 16.9. The molecule has 0 saturated carbocycles. The number of rotatable bonds is 7. The van der Waals surface area contributed by atoms with Gasteiger partial charge in [0.05, 0.1) is 34.3 Å². The number of hydrogen-bond donors (Lipinski definition) is 4. The van der Waals surface area contributed by atoms with Gasteiger partial charge in [0.1, 0.15) is 0 Å². The van der Waals surface area contributed by atoms with Crippen LogP contribution in [0.4, 0.5) is 0 Å². The lowest BCUT2D eigenvalue weighted by molar-refractivity contribution is -0.0189. The third-order valence-corrected chi connectivity index (χ3v) is 8.18. The number of hydrogen-bond acceptors (Lipinski definition) is 4. The summed E-state index contributed by atoms with van der Waals surface area (Å²) in [6, 6.07) is 16.5. The summed E-state index contributed by atoms with van der Waals surface area (Å²) in [5, 5.41) is 21.0. The van der Waals surface area contributed by atoms with E-state index in [0.717, 1.165) is 54.7 Å². The van der Waals surface area contributed by atoms with Gasteiger partial charge in [-0.05, 0) is 51.9 Å². The number of aromatic nitrogens is 2. The maximum absolute atomic E-state index is 13.2. The lowest BCUT2D eigenvalue weighted by atomic mass is 9.87. The molecule has 3 atom stereocenters. The SMILES string of the molecule is CN[C@@H](CC(C)O)[C@H](OC)C(C)(C)n1c2ccccc2c2c3c(c4c5ccccc5[nH]c4c21)C(=O)NC3. The molecule has 0 spiro atoms. The molecule has 6 rings (SSSR count). The lowest BCUT2D eigenvalue weighted by Gasteiger charge is -2.41. The zero-order valence-corrected chi connectivity index (χ0v) is 22.0. The van der Waals surface area contributed by atoms with Crippen molar-refractivity contribution in [2.75, 3.05) is 14.2 Å². The molecule has 7 nitrogen and oxygen atoms in total. The van der Waals surface area contributed by atoms with E-state index in [1.54, 1.807) is 7.11 Å². The first kappa shape index (κ1) is 24.0. The van der Waals surface area contributed by atoms with Gasteiger partial charge < -0.3 is 30.0 Å². The Kier molecular flexibility index (Phi) is 5.56. The number of aliphatic hydroxyl groups excluding tert-OH is 1. The predicted octanol–water partition coefficient (Wildman–Crippen LogP) is 4.78. The number of likely N-dealkylation sites (N-methyl/N-ethyl adjacent to an activating group) is 1. The molecule has 5 aromatic rings. The molecule has 1 aliphatic heterocycles. The summed E-state index contributed by atoms with van der Waals surface area (Å²) in [5.74, 6) is -0.0234. The Morgan fingerprint density at radius 1 is 1.11 bits per heavy atom. The molecule has 1 unspecified atom stereocenters. The van der Waals surface area contributed by atoms with Crippen LogP contribution in [0.5, 0.6) is 0 Å². The number of carbonyl (C=O) groups is 1. The summed E-state index contributed by atoms with van der Waals surface area (Å²) < 4.78 is 8.59. The highest BCUT2D eigenvalue weighted by atomic mass is 16.5. The standard InChI is InChI=1S/C30H34N4O3/c1-16(35)14-21(31-4)28(37-5)30(2,3)34-22-13-9-7-11-18(22)23-19-15-32-29(36)25(19)24-17-10-6-8-12-20(17)33-26(24)27(23)34/h6-13,16,21,28,31,33,35H,14-15H2,1-5H3,(H,32,36)/t16?,21-,28-/m0/s1. The van der Waals surface area contributed by atoms with E-state index in [2.05, 4.69) is 70.4 Å². The van der Waals surface area contributed by atoms with Crippen LogP contribution in [0.1, 0.15) is 43.1 Å². The van der Waals surface area contributed by atoms with E-state index in [0.29, 0.717) is 13.0 Å². The fourth-order valence-corrected chi connectivity index (χ4v) is 6.75. The summed E-state index contributed by atoms with van der Waals surface area (Å²) in [6.07, 6.45) is -0.158. The van der Waals surface area contributed by atoms with Gasteiger partial charge in [-0.25, -0.2) is 0 Å². The fourth-order valence-electron chi connectivity index (χ4n) is 6.75. The average Bonchev–Trinajstić information content (AvgIpc) is 3.54. The lowest BCUT2D eigenvalue weighted by Crippen LogP contribution is -2.53. The van der Waals surface area contributed by atoms with Crippen molar-refractivity contribution in [1.82, 2.24) is 20.2 Å². The normalized spacial score (nSPS) is 16.5. The van der Waals surface area contributed by atoms with Crippen LogP contribution in [-0.2, 0) is 16.8 Å². The van der Waals surface area contributed by atoms with Crippen LogP contribution in [0.2, 0.25) is 0 Å². The van der Waals surface area contributed by atoms with E-state index in [-0.39, 0.29) is 18.1 Å². The Morgan fingerprint density at radius 2 is 1.81 bits per heavy atom. The summed E-state index contributed by atoms with van der Waals surface area (Å²) >= 11 is 0. The predicted molar refractivity (Wildman–Crippen MR) is 149 cm³/mol. The van der Waals surface area contributed by atoms with E-state index in [9.17, 15) is 9.90 Å². The maximum Gasteiger partial charge on any atom is 0.252 e. The molecule has 2 aromatic heterocycles. The molecule has 3 heterocycles. The number of carbonyl (C=O) groups excluding carboxylic acids is 1. The number of aliphatic hydroxyl groups is 1. The van der Waals surface area contributed by atoms with Crippen molar-refractivity contribution in [1.29, 1.82) is 0 Å². The third kappa shape index (κ3) is 3.34. The van der Waals surface area contributed by atoms with E-state index >= 15 is 0 Å². The van der Waals surface area contributed by atoms with Gasteiger partial charge >= 0.3 is 0 Å². The van der Waals surface area contributed by atoms with Crippen LogP contribution in [0.25, 0.3) is 43.6 Å². The highest BCUT2D eigenvalue weighted by molar-refractivity contribution is 6.30. The Bertz CT molecular complexity index is 1680. The van der Waals surface area contributed by atoms with Crippen molar-refractivity contribution in [3.63, 3.8) is 0 Å². The van der Waals surface area contributed by atoms with Crippen LogP contribution >= 0.6 is 0 Å². The van der Waals surface area contributed by atoms with Crippen molar-refractivity contribution >= 4 is 49.5 Å². The number of amides is 1. The number of methoxy groups -OCH3 is 1. The number of benzene rings is 3. The van der Waals surface area contributed by atoms with Crippen molar-refractivity contribution in [2.45, 2.75) is 57.5 Å². The number of ether oxygens (including phenoxy) is 1. The van der Waals surface area contributed by atoms with E-state index in [1.165, 1.54) is 0 Å². The molecule has 192 valence electrons. The van der Waals surface area contributed by atoms with Crippen molar-refractivity contribution in [2.24, 2.45) is 0 Å². The highest BCUT2D eigenvalue weighted by Gasteiger charge is 2.41. The van der Waals surface area contributed by atoms with Crippen LogP contribution in [0.15, 0.2) is 48.5 Å². The zero-order chi connectivity index (χ0) is 26.1. The first-order chi connectivity index (χ1) is 17.8. The first-order valence-corrected chi connectivity index (χ1v) is 12.9. The Hall–Kier alpha value is -3.39. The molecule has 7 heteroatoms. The quantitative estimate of drug-likeness (QED) is 0.260. The van der Waals surface area contributed by atoms with Gasteiger partial charge in [-0.3, -0.25) is 4.79 Å². The first-order valence-electron chi connectivity index (χ1n) is 12.9. The number of H-pyrrole nitrogens is 1. The molecular formula is C30H34N4O3. The van der Waals surface area contributed by atoms with Gasteiger partial charge in [-0.2, -0.15) is 0 Å². The van der Waals surface area contributed by atoms with E-state index in [1.807, 2.05) is 26.1 Å². The second-order valence-corrected chi connectivity index (χ2v) is 10.8. The molecule has 1 aliphatic rings. The Balaban J connectivity index is 1.79. The number of aromatic amines is 1. The van der Waals surface area contributed by atoms with Crippen LogP contribution in [0.3, 0.4) is 0 Å². The van der Waals surface area contributed by atoms with Crippen LogP contribution < -0.4 is 10.6 Å². The monoisotopic (exact) mass is 498 g/mol. The molecule has 4 N–H and O–H groups in total. The van der Waals surface area contributed by atoms with Gasteiger partial charge in [0.15, 0.2) is 0 Å². The van der Waals surface area contributed by atoms with Gasteiger partial charge in [0.25, 0.3) is 5.91 Å². The molecule has 1 amide bonds. The number of fused-ring (bicyclic) bond motifs is 10. The summed E-state index contributed by atoms with van der Waals surface area (Å²) in [6.45, 7) is 6.71. The van der Waals surface area contributed by atoms with Gasteiger partial charge in [-0.15, -0.1) is 0 Å². The molecule has 0 saturated heterocycles. The van der Waals surface area contributed by atoms with Gasteiger partial charge in [-0.1, -0.05) is 36.4 Å². The molecule has 0 fully saturated rings. The fraction of sp³-hybridized carbons (Fsp3) is 0.367. The second-order valence-electron chi connectivity index (χ2n) is 10.8. The minimum atomic E-state index is -0.521. The topological polar surface area (TPSA) is 91.3 Å². The molecule has 3 aromatic carbocycles. The molecule has 0 aliphatic carbocycles. The molecule has 0 bridgehead atoms. The van der Waals surface area contributed by atoms with E-state index in [4.69, 9.17) is 4.74 Å². The summed E-state index contributed by atoms with van der Waals surface area (Å²) in [7, 11) is 3.66. The zero-order valence-electron chi connectivity index (χ0n) is 22.0. The maximum atomic E-state index is 13.2. The highest BCUT2D eigenvalue weighted by Crippen LogP contribution is 2.46. The van der Waals surface area contributed by atoms with E-state index < -0.39 is 11.6 Å². The minimum Gasteiger partial charge on any atom is -0.393 e. The Morgan fingerprint density at radius 3 is 2.51 bits per heavy atom. The van der Waals surface area contributed by atoms with Crippen LogP contribution in [-0.4, -0.2) is 53.0 Å². The minimum absolute atomic E-state index is 0.0234.